The first-order chi connectivity index (χ1) is 9.15. The van der Waals surface area contributed by atoms with Crippen LogP contribution in [-0.2, 0) is 0 Å². The van der Waals surface area contributed by atoms with E-state index in [0.717, 1.165) is 11.1 Å². The standard InChI is InChI=1S/C17H17FO/c1-11-8-13(10-14(18)9-11)17(19)16-5-3-2-4-15(16)12-6-7-12/h2-5,8-10,12,17,19H,6-7H2,1H3. The molecule has 2 aromatic rings. The molecule has 0 heterocycles. The topological polar surface area (TPSA) is 20.2 Å². The van der Waals surface area contributed by atoms with E-state index in [-0.39, 0.29) is 5.82 Å². The van der Waals surface area contributed by atoms with E-state index in [9.17, 15) is 9.50 Å². The molecule has 1 aliphatic rings. The fourth-order valence-electron chi connectivity index (χ4n) is 2.63. The second kappa shape index (κ2) is 4.78. The summed E-state index contributed by atoms with van der Waals surface area (Å²) in [5.41, 5.74) is 3.58. The quantitative estimate of drug-likeness (QED) is 0.876. The number of hydrogen-bond donors (Lipinski definition) is 1. The van der Waals surface area contributed by atoms with Crippen molar-refractivity contribution in [1.29, 1.82) is 0 Å². The third kappa shape index (κ3) is 2.54. The van der Waals surface area contributed by atoms with Gasteiger partial charge in [-0.05, 0) is 60.1 Å². The number of rotatable bonds is 3. The summed E-state index contributed by atoms with van der Waals surface area (Å²) in [5.74, 6) is 0.276. The number of hydrogen-bond acceptors (Lipinski definition) is 1. The lowest BCUT2D eigenvalue weighted by Gasteiger charge is -2.16. The first kappa shape index (κ1) is 12.4. The van der Waals surface area contributed by atoms with E-state index in [1.165, 1.54) is 30.5 Å². The summed E-state index contributed by atoms with van der Waals surface area (Å²) in [6, 6.07) is 12.7. The Morgan fingerprint density at radius 2 is 1.89 bits per heavy atom. The number of aliphatic hydroxyl groups excluding tert-OH is 1. The Morgan fingerprint density at radius 1 is 1.16 bits per heavy atom. The maximum absolute atomic E-state index is 13.5. The monoisotopic (exact) mass is 256 g/mol. The fourth-order valence-corrected chi connectivity index (χ4v) is 2.63. The molecule has 1 N–H and O–H groups in total. The van der Waals surface area contributed by atoms with Crippen LogP contribution >= 0.6 is 0 Å². The molecule has 0 aliphatic heterocycles. The van der Waals surface area contributed by atoms with Crippen molar-refractivity contribution in [1.82, 2.24) is 0 Å². The second-order valence-corrected chi connectivity index (χ2v) is 5.37. The van der Waals surface area contributed by atoms with Crippen molar-refractivity contribution in [2.75, 3.05) is 0 Å². The van der Waals surface area contributed by atoms with Gasteiger partial charge < -0.3 is 5.11 Å². The van der Waals surface area contributed by atoms with Gasteiger partial charge in [0, 0.05) is 0 Å². The predicted octanol–water partition coefficient (Wildman–Crippen LogP) is 4.09. The van der Waals surface area contributed by atoms with Crippen LogP contribution in [0.1, 0.15) is 47.1 Å². The van der Waals surface area contributed by atoms with Crippen LogP contribution in [0.15, 0.2) is 42.5 Å². The summed E-state index contributed by atoms with van der Waals surface area (Å²) in [5, 5.41) is 10.5. The van der Waals surface area contributed by atoms with Gasteiger partial charge in [0.1, 0.15) is 11.9 Å². The van der Waals surface area contributed by atoms with E-state index in [1.807, 2.05) is 31.2 Å². The van der Waals surface area contributed by atoms with Gasteiger partial charge in [-0.15, -0.1) is 0 Å². The van der Waals surface area contributed by atoms with Gasteiger partial charge in [0.2, 0.25) is 0 Å². The zero-order chi connectivity index (χ0) is 13.4. The highest BCUT2D eigenvalue weighted by atomic mass is 19.1. The van der Waals surface area contributed by atoms with Crippen LogP contribution < -0.4 is 0 Å². The van der Waals surface area contributed by atoms with E-state index in [4.69, 9.17) is 0 Å². The van der Waals surface area contributed by atoms with Gasteiger partial charge >= 0.3 is 0 Å². The van der Waals surface area contributed by atoms with Crippen LogP contribution in [0.25, 0.3) is 0 Å². The molecule has 1 unspecified atom stereocenters. The molecular formula is C17H17FO. The maximum atomic E-state index is 13.5. The van der Waals surface area contributed by atoms with E-state index in [2.05, 4.69) is 6.07 Å². The lowest BCUT2D eigenvalue weighted by molar-refractivity contribution is 0.218. The van der Waals surface area contributed by atoms with Crippen molar-refractivity contribution in [2.45, 2.75) is 31.8 Å². The van der Waals surface area contributed by atoms with Crippen molar-refractivity contribution < 1.29 is 9.50 Å². The Morgan fingerprint density at radius 3 is 2.58 bits per heavy atom. The molecule has 0 amide bonds. The minimum atomic E-state index is -0.744. The molecule has 3 rings (SSSR count). The predicted molar refractivity (Wildman–Crippen MR) is 73.6 cm³/mol. The molecule has 1 saturated carbocycles. The van der Waals surface area contributed by atoms with E-state index >= 15 is 0 Å². The molecule has 0 bridgehead atoms. The SMILES string of the molecule is Cc1cc(F)cc(C(O)c2ccccc2C2CC2)c1. The molecule has 1 fully saturated rings. The molecule has 1 atom stereocenters. The van der Waals surface area contributed by atoms with Gasteiger partial charge in [-0.3, -0.25) is 0 Å². The Kier molecular flexibility index (Phi) is 3.11. The molecule has 0 saturated heterocycles. The van der Waals surface area contributed by atoms with Gasteiger partial charge in [0.15, 0.2) is 0 Å². The maximum Gasteiger partial charge on any atom is 0.123 e. The summed E-state index contributed by atoms with van der Waals surface area (Å²) in [6.07, 6.45) is 1.63. The molecule has 2 aromatic carbocycles. The van der Waals surface area contributed by atoms with Crippen molar-refractivity contribution in [3.8, 4) is 0 Å². The molecule has 2 heteroatoms. The second-order valence-electron chi connectivity index (χ2n) is 5.37. The van der Waals surface area contributed by atoms with Gasteiger partial charge in [-0.25, -0.2) is 4.39 Å². The highest BCUT2D eigenvalue weighted by Crippen LogP contribution is 2.43. The molecule has 0 spiro atoms. The van der Waals surface area contributed by atoms with Gasteiger partial charge in [-0.2, -0.15) is 0 Å². The number of aliphatic hydroxyl groups is 1. The molecule has 98 valence electrons. The summed E-state index contributed by atoms with van der Waals surface area (Å²) in [6.45, 7) is 1.84. The van der Waals surface area contributed by atoms with Crippen LogP contribution in [0.4, 0.5) is 4.39 Å². The Balaban J connectivity index is 2.01. The number of benzene rings is 2. The molecule has 0 aromatic heterocycles. The minimum Gasteiger partial charge on any atom is -0.384 e. The van der Waals surface area contributed by atoms with Gasteiger partial charge in [-0.1, -0.05) is 30.3 Å². The minimum absolute atomic E-state index is 0.294. The average molecular weight is 256 g/mol. The zero-order valence-electron chi connectivity index (χ0n) is 10.9. The third-order valence-electron chi connectivity index (χ3n) is 3.69. The lowest BCUT2D eigenvalue weighted by atomic mass is 9.94. The van der Waals surface area contributed by atoms with E-state index in [0.29, 0.717) is 11.5 Å². The highest BCUT2D eigenvalue weighted by Gasteiger charge is 2.28. The van der Waals surface area contributed by atoms with Crippen molar-refractivity contribution >= 4 is 0 Å². The normalized spacial score (nSPS) is 16.4. The zero-order valence-corrected chi connectivity index (χ0v) is 10.9. The van der Waals surface area contributed by atoms with Crippen molar-refractivity contribution in [3.63, 3.8) is 0 Å². The lowest BCUT2D eigenvalue weighted by Crippen LogP contribution is -2.04. The number of halogens is 1. The summed E-state index contributed by atoms with van der Waals surface area (Å²) >= 11 is 0. The van der Waals surface area contributed by atoms with Gasteiger partial charge in [0.25, 0.3) is 0 Å². The largest absolute Gasteiger partial charge is 0.384 e. The van der Waals surface area contributed by atoms with Crippen LogP contribution in [0.2, 0.25) is 0 Å². The van der Waals surface area contributed by atoms with Crippen LogP contribution in [0.3, 0.4) is 0 Å². The van der Waals surface area contributed by atoms with Crippen LogP contribution in [0, 0.1) is 12.7 Å². The highest BCUT2D eigenvalue weighted by molar-refractivity contribution is 5.40. The van der Waals surface area contributed by atoms with E-state index < -0.39 is 6.10 Å². The van der Waals surface area contributed by atoms with E-state index in [1.54, 1.807) is 0 Å². The Labute approximate surface area is 112 Å². The van der Waals surface area contributed by atoms with Crippen molar-refractivity contribution in [2.24, 2.45) is 0 Å². The fraction of sp³-hybridized carbons (Fsp3) is 0.294. The number of aryl methyl sites for hydroxylation is 1. The first-order valence-corrected chi connectivity index (χ1v) is 6.69. The van der Waals surface area contributed by atoms with Crippen molar-refractivity contribution in [3.05, 3.63) is 70.5 Å². The molecule has 0 radical (unpaired) electrons. The molecule has 1 aliphatic carbocycles. The summed E-state index contributed by atoms with van der Waals surface area (Å²) in [7, 11) is 0. The third-order valence-corrected chi connectivity index (χ3v) is 3.69. The van der Waals surface area contributed by atoms with Crippen LogP contribution in [-0.4, -0.2) is 5.11 Å². The Bertz CT molecular complexity index is 582. The van der Waals surface area contributed by atoms with Crippen LogP contribution in [0.5, 0.6) is 0 Å². The molecule has 19 heavy (non-hydrogen) atoms. The summed E-state index contributed by atoms with van der Waals surface area (Å²) < 4.78 is 13.5. The Hall–Kier alpha value is -1.67. The first-order valence-electron chi connectivity index (χ1n) is 6.69. The molecular weight excluding hydrogens is 239 g/mol. The summed E-state index contributed by atoms with van der Waals surface area (Å²) in [4.78, 5) is 0. The van der Waals surface area contributed by atoms with Gasteiger partial charge in [0.05, 0.1) is 0 Å². The smallest absolute Gasteiger partial charge is 0.123 e. The average Bonchev–Trinajstić information content (AvgIpc) is 3.21. The molecule has 1 nitrogen and oxygen atoms in total.